The van der Waals surface area contributed by atoms with Crippen molar-refractivity contribution in [3.05, 3.63) is 65.6 Å². The van der Waals surface area contributed by atoms with E-state index in [0.717, 1.165) is 16.5 Å². The molecule has 0 unspecified atom stereocenters. The van der Waals surface area contributed by atoms with E-state index >= 15 is 0 Å². The van der Waals surface area contributed by atoms with Crippen LogP contribution in [0.25, 0.3) is 22.0 Å². The second-order valence-corrected chi connectivity index (χ2v) is 7.00. The van der Waals surface area contributed by atoms with Crippen LogP contribution in [-0.4, -0.2) is 27.6 Å². The van der Waals surface area contributed by atoms with Crippen molar-refractivity contribution in [2.24, 2.45) is 5.73 Å². The summed E-state index contributed by atoms with van der Waals surface area (Å²) in [5, 5.41) is 0.752. The highest BCUT2D eigenvalue weighted by atomic mass is 19.1. The van der Waals surface area contributed by atoms with Crippen LogP contribution in [0, 0.1) is 5.82 Å². The van der Waals surface area contributed by atoms with E-state index in [9.17, 15) is 18.8 Å². The second-order valence-electron chi connectivity index (χ2n) is 7.00. The molecule has 1 fully saturated rings. The summed E-state index contributed by atoms with van der Waals surface area (Å²) >= 11 is 0. The summed E-state index contributed by atoms with van der Waals surface area (Å²) in [6.45, 7) is 0.155. The Hall–Kier alpha value is -3.61. The monoisotopic (exact) mass is 391 g/mol. The number of likely N-dealkylation sites (tertiary alicyclic amines) is 1. The van der Waals surface area contributed by atoms with Gasteiger partial charge in [-0.2, -0.15) is 0 Å². The number of pyridine rings is 1. The molecule has 2 N–H and O–H groups in total. The van der Waals surface area contributed by atoms with Gasteiger partial charge in [-0.25, -0.2) is 9.37 Å². The van der Waals surface area contributed by atoms with Crippen molar-refractivity contribution in [2.45, 2.75) is 25.8 Å². The van der Waals surface area contributed by atoms with Crippen molar-refractivity contribution in [1.82, 2.24) is 9.88 Å². The fraction of sp³-hybridized carbons (Fsp3) is 0.182. The molecule has 3 amide bonds. The molecule has 0 saturated carbocycles. The number of primary amides is 1. The van der Waals surface area contributed by atoms with Gasteiger partial charge in [0.2, 0.25) is 11.8 Å². The quantitative estimate of drug-likeness (QED) is 0.691. The van der Waals surface area contributed by atoms with Gasteiger partial charge < -0.3 is 5.73 Å². The lowest BCUT2D eigenvalue weighted by atomic mass is 9.98. The molecule has 146 valence electrons. The van der Waals surface area contributed by atoms with Crippen molar-refractivity contribution in [2.75, 3.05) is 0 Å². The standard InChI is InChI=1S/C22H18FN3O3/c23-15-7-5-14(6-8-15)17-11-19(22(24)29)25-18-10-13(4-9-16(17)18)12-26-20(27)2-1-3-21(26)28/h4-11H,1-3,12H2,(H2,24,29). The molecule has 1 saturated heterocycles. The molecule has 0 bridgehead atoms. The lowest BCUT2D eigenvalue weighted by molar-refractivity contribution is -0.148. The third-order valence-electron chi connectivity index (χ3n) is 5.01. The average Bonchev–Trinajstić information content (AvgIpc) is 2.70. The lowest BCUT2D eigenvalue weighted by Gasteiger charge is -2.25. The Labute approximate surface area is 166 Å². The highest BCUT2D eigenvalue weighted by Crippen LogP contribution is 2.30. The van der Waals surface area contributed by atoms with Gasteiger partial charge in [-0.1, -0.05) is 24.3 Å². The number of carbonyl (C=O) groups is 3. The van der Waals surface area contributed by atoms with Crippen LogP contribution in [0.1, 0.15) is 35.3 Å². The summed E-state index contributed by atoms with van der Waals surface area (Å²) in [5.41, 5.74) is 8.17. The second kappa shape index (κ2) is 7.43. The van der Waals surface area contributed by atoms with E-state index in [-0.39, 0.29) is 29.9 Å². The SMILES string of the molecule is NC(=O)c1cc(-c2ccc(F)cc2)c2ccc(CN3C(=O)CCCC3=O)cc2n1. The van der Waals surface area contributed by atoms with Crippen LogP contribution in [0.2, 0.25) is 0 Å². The Balaban J connectivity index is 1.79. The summed E-state index contributed by atoms with van der Waals surface area (Å²) < 4.78 is 13.3. The van der Waals surface area contributed by atoms with Gasteiger partial charge in [-0.05, 0) is 47.4 Å². The van der Waals surface area contributed by atoms with Crippen LogP contribution >= 0.6 is 0 Å². The molecule has 0 spiro atoms. The summed E-state index contributed by atoms with van der Waals surface area (Å²) in [7, 11) is 0. The van der Waals surface area contributed by atoms with Gasteiger partial charge in [-0.15, -0.1) is 0 Å². The third kappa shape index (κ3) is 3.71. The molecular formula is C22H18FN3O3. The molecule has 7 heteroatoms. The summed E-state index contributed by atoms with van der Waals surface area (Å²) in [4.78, 5) is 41.5. The molecule has 6 nitrogen and oxygen atoms in total. The molecule has 2 aromatic carbocycles. The number of hydrogen-bond acceptors (Lipinski definition) is 4. The van der Waals surface area contributed by atoms with Crippen LogP contribution in [0.5, 0.6) is 0 Å². The first-order chi connectivity index (χ1) is 13.9. The van der Waals surface area contributed by atoms with Crippen LogP contribution in [0.15, 0.2) is 48.5 Å². The lowest BCUT2D eigenvalue weighted by Crippen LogP contribution is -2.39. The molecule has 4 rings (SSSR count). The van der Waals surface area contributed by atoms with Crippen molar-refractivity contribution in [3.8, 4) is 11.1 Å². The van der Waals surface area contributed by atoms with Gasteiger partial charge in [0.15, 0.2) is 0 Å². The molecule has 0 atom stereocenters. The highest BCUT2D eigenvalue weighted by Gasteiger charge is 2.26. The Morgan fingerprint density at radius 3 is 2.38 bits per heavy atom. The largest absolute Gasteiger partial charge is 0.364 e. The summed E-state index contributed by atoms with van der Waals surface area (Å²) in [5.74, 6) is -1.41. The molecule has 29 heavy (non-hydrogen) atoms. The number of piperidine rings is 1. The van der Waals surface area contributed by atoms with E-state index in [0.29, 0.717) is 30.3 Å². The number of nitrogens with zero attached hydrogens (tertiary/aromatic N) is 2. The van der Waals surface area contributed by atoms with E-state index < -0.39 is 5.91 Å². The van der Waals surface area contributed by atoms with Gasteiger partial charge >= 0.3 is 0 Å². The normalized spacial score (nSPS) is 14.4. The van der Waals surface area contributed by atoms with Crippen molar-refractivity contribution >= 4 is 28.6 Å². The minimum Gasteiger partial charge on any atom is -0.364 e. The maximum Gasteiger partial charge on any atom is 0.267 e. The van der Waals surface area contributed by atoms with Crippen molar-refractivity contribution in [1.29, 1.82) is 0 Å². The van der Waals surface area contributed by atoms with E-state index in [1.807, 2.05) is 12.1 Å². The Morgan fingerprint density at radius 2 is 1.72 bits per heavy atom. The zero-order valence-electron chi connectivity index (χ0n) is 15.5. The highest BCUT2D eigenvalue weighted by molar-refractivity contribution is 6.01. The maximum absolute atomic E-state index is 13.3. The van der Waals surface area contributed by atoms with E-state index in [1.165, 1.54) is 17.0 Å². The number of nitrogens with two attached hydrogens (primary N) is 1. The number of imide groups is 1. The van der Waals surface area contributed by atoms with Crippen molar-refractivity contribution in [3.63, 3.8) is 0 Å². The molecule has 0 radical (unpaired) electrons. The first-order valence-corrected chi connectivity index (χ1v) is 9.25. The zero-order valence-corrected chi connectivity index (χ0v) is 15.5. The fourth-order valence-electron chi connectivity index (χ4n) is 3.53. The number of hydrogen-bond donors (Lipinski definition) is 1. The Kier molecular flexibility index (Phi) is 4.80. The molecule has 3 aromatic rings. The number of amides is 3. The average molecular weight is 391 g/mol. The zero-order chi connectivity index (χ0) is 20.5. The minimum absolute atomic E-state index is 0.0825. The smallest absolute Gasteiger partial charge is 0.267 e. The number of benzene rings is 2. The van der Waals surface area contributed by atoms with Gasteiger partial charge in [0.25, 0.3) is 5.91 Å². The van der Waals surface area contributed by atoms with Gasteiger partial charge in [0, 0.05) is 18.2 Å². The molecule has 0 aliphatic carbocycles. The summed E-state index contributed by atoms with van der Waals surface area (Å²) in [6, 6.07) is 12.9. The first kappa shape index (κ1) is 18.7. The number of halogens is 1. The minimum atomic E-state index is -0.679. The molecule has 1 aliphatic heterocycles. The van der Waals surface area contributed by atoms with Crippen LogP contribution in [0.4, 0.5) is 4.39 Å². The van der Waals surface area contributed by atoms with Gasteiger partial charge in [-0.3, -0.25) is 19.3 Å². The Morgan fingerprint density at radius 1 is 1.03 bits per heavy atom. The van der Waals surface area contributed by atoms with E-state index in [4.69, 9.17) is 5.73 Å². The van der Waals surface area contributed by atoms with Crippen molar-refractivity contribution < 1.29 is 18.8 Å². The van der Waals surface area contributed by atoms with Crippen LogP contribution in [0.3, 0.4) is 0 Å². The molecule has 1 aliphatic rings. The fourth-order valence-corrected chi connectivity index (χ4v) is 3.53. The third-order valence-corrected chi connectivity index (χ3v) is 5.01. The number of rotatable bonds is 4. The summed E-state index contributed by atoms with van der Waals surface area (Å²) in [6.07, 6.45) is 1.30. The molecule has 2 heterocycles. The topological polar surface area (TPSA) is 93.4 Å². The van der Waals surface area contributed by atoms with E-state index in [2.05, 4.69) is 4.98 Å². The van der Waals surface area contributed by atoms with Gasteiger partial charge in [0.05, 0.1) is 12.1 Å². The van der Waals surface area contributed by atoms with Gasteiger partial charge in [0.1, 0.15) is 11.5 Å². The predicted molar refractivity (Wildman–Crippen MR) is 105 cm³/mol. The van der Waals surface area contributed by atoms with Crippen LogP contribution in [-0.2, 0) is 16.1 Å². The van der Waals surface area contributed by atoms with E-state index in [1.54, 1.807) is 24.3 Å². The first-order valence-electron chi connectivity index (χ1n) is 9.25. The number of carbonyl (C=O) groups excluding carboxylic acids is 3. The number of fused-ring (bicyclic) bond motifs is 1. The Bertz CT molecular complexity index is 1130. The van der Waals surface area contributed by atoms with Crippen LogP contribution < -0.4 is 5.73 Å². The molecular weight excluding hydrogens is 373 g/mol. The maximum atomic E-state index is 13.3. The molecule has 1 aromatic heterocycles. The predicted octanol–water partition coefficient (Wildman–Crippen LogP) is 3.18. The number of aromatic nitrogens is 1.